The second-order valence-corrected chi connectivity index (χ2v) is 15.5. The van der Waals surface area contributed by atoms with Crippen LogP contribution in [0, 0.1) is 0 Å². The third-order valence-electron chi connectivity index (χ3n) is 7.29. The predicted octanol–water partition coefficient (Wildman–Crippen LogP) is 5.51. The molecule has 1 aromatic carbocycles. The van der Waals surface area contributed by atoms with E-state index in [9.17, 15) is 0 Å². The highest BCUT2D eigenvalue weighted by molar-refractivity contribution is 6.74. The Morgan fingerprint density at radius 2 is 1.89 bits per heavy atom. The van der Waals surface area contributed by atoms with Crippen molar-refractivity contribution < 1.29 is 18.6 Å². The van der Waals surface area contributed by atoms with Gasteiger partial charge in [0.25, 0.3) is 0 Å². The van der Waals surface area contributed by atoms with Crippen molar-refractivity contribution in [1.82, 2.24) is 0 Å². The molecular formula is C23H32O4Si. The average molecular weight is 402 g/mol. The summed E-state index contributed by atoms with van der Waals surface area (Å²) < 4.78 is 24.8. The number of epoxide rings is 1. The molecule has 2 saturated heterocycles. The summed E-state index contributed by atoms with van der Waals surface area (Å²) in [6, 6.07) is 6.69. The van der Waals surface area contributed by atoms with Gasteiger partial charge in [-0.2, -0.15) is 0 Å². The molecule has 0 aromatic heterocycles. The van der Waals surface area contributed by atoms with Gasteiger partial charge in [0.05, 0.1) is 12.7 Å². The summed E-state index contributed by atoms with van der Waals surface area (Å²) >= 11 is 0. The highest BCUT2D eigenvalue weighted by Gasteiger charge is 2.68. The lowest BCUT2D eigenvalue weighted by molar-refractivity contribution is -0.139. The summed E-state index contributed by atoms with van der Waals surface area (Å²) in [6.45, 7) is 16.1. The van der Waals surface area contributed by atoms with Gasteiger partial charge in [-0.1, -0.05) is 39.0 Å². The minimum atomic E-state index is -1.81. The summed E-state index contributed by atoms with van der Waals surface area (Å²) in [7, 11) is -1.81. The van der Waals surface area contributed by atoms with Crippen LogP contribution >= 0.6 is 0 Å². The van der Waals surface area contributed by atoms with Crippen LogP contribution in [-0.2, 0) is 18.6 Å². The fourth-order valence-corrected chi connectivity index (χ4v) is 5.94. The predicted molar refractivity (Wildman–Crippen MR) is 112 cm³/mol. The molecule has 1 aromatic rings. The molecule has 2 aliphatic heterocycles. The van der Waals surface area contributed by atoms with Crippen LogP contribution in [0.3, 0.4) is 0 Å². The van der Waals surface area contributed by atoms with Crippen LogP contribution in [0.4, 0.5) is 0 Å². The third kappa shape index (κ3) is 2.71. The van der Waals surface area contributed by atoms with E-state index < -0.39 is 14.1 Å². The van der Waals surface area contributed by atoms with Gasteiger partial charge in [-0.15, -0.1) is 0 Å². The first-order chi connectivity index (χ1) is 12.9. The molecule has 5 rings (SSSR count). The van der Waals surface area contributed by atoms with Crippen molar-refractivity contribution >= 4 is 13.9 Å². The topological polar surface area (TPSA) is 40.2 Å². The lowest BCUT2D eigenvalue weighted by Gasteiger charge is -2.38. The molecule has 0 amide bonds. The second kappa shape index (κ2) is 5.58. The maximum atomic E-state index is 6.70. The first-order valence-electron chi connectivity index (χ1n) is 10.5. The SMILES string of the molecule is CC1(C)OC[C@H](c2ccc3c([13cH]2)C2=C[C@@H](O[Si](C)(C)C(C)(C)C)C[C@@]24O[C@@H]34)O1. The molecule has 4 atom stereocenters. The number of fused-ring (bicyclic) bond motifs is 3. The molecule has 2 aliphatic carbocycles. The van der Waals surface area contributed by atoms with Crippen LogP contribution in [0.2, 0.25) is 18.1 Å². The first kappa shape index (κ1) is 19.0. The minimum Gasteiger partial charge on any atom is -0.410 e. The van der Waals surface area contributed by atoms with Crippen molar-refractivity contribution in [3.05, 3.63) is 41.0 Å². The molecule has 5 heteroatoms. The number of ether oxygens (including phenoxy) is 3. The van der Waals surface area contributed by atoms with Crippen molar-refractivity contribution in [2.75, 3.05) is 6.61 Å². The van der Waals surface area contributed by atoms with Crippen LogP contribution in [0.15, 0.2) is 24.3 Å². The summed E-state index contributed by atoms with van der Waals surface area (Å²) in [4.78, 5) is 0. The Morgan fingerprint density at radius 1 is 1.14 bits per heavy atom. The number of hydrogen-bond donors (Lipinski definition) is 0. The van der Waals surface area contributed by atoms with Gasteiger partial charge in [-0.05, 0) is 60.3 Å². The van der Waals surface area contributed by atoms with E-state index in [-0.39, 0.29) is 29.0 Å². The van der Waals surface area contributed by atoms with E-state index in [1.54, 1.807) is 0 Å². The van der Waals surface area contributed by atoms with Crippen LogP contribution in [0.25, 0.3) is 5.57 Å². The van der Waals surface area contributed by atoms with E-state index in [1.807, 2.05) is 13.8 Å². The molecule has 0 bridgehead atoms. The van der Waals surface area contributed by atoms with Gasteiger partial charge >= 0.3 is 0 Å². The molecule has 28 heavy (non-hydrogen) atoms. The Balaban J connectivity index is 1.43. The Kier molecular flexibility index (Phi) is 3.79. The van der Waals surface area contributed by atoms with Gasteiger partial charge in [-0.3, -0.25) is 0 Å². The van der Waals surface area contributed by atoms with Crippen LogP contribution < -0.4 is 0 Å². The maximum Gasteiger partial charge on any atom is 0.192 e. The van der Waals surface area contributed by atoms with Crippen LogP contribution in [0.1, 0.15) is 69.9 Å². The molecule has 1 spiro atoms. The zero-order chi connectivity index (χ0) is 20.1. The quantitative estimate of drug-likeness (QED) is 0.494. The average Bonchev–Trinajstić information content (AvgIpc) is 2.86. The van der Waals surface area contributed by atoms with Gasteiger partial charge in [0.1, 0.15) is 17.8 Å². The second-order valence-electron chi connectivity index (χ2n) is 10.8. The smallest absolute Gasteiger partial charge is 0.192 e. The molecule has 0 radical (unpaired) electrons. The maximum absolute atomic E-state index is 6.70. The summed E-state index contributed by atoms with van der Waals surface area (Å²) in [6.07, 6.45) is 3.64. The molecule has 152 valence electrons. The largest absolute Gasteiger partial charge is 0.410 e. The Labute approximate surface area is 169 Å². The molecule has 0 N–H and O–H groups in total. The fraction of sp³-hybridized carbons (Fsp3) is 0.652. The zero-order valence-electron chi connectivity index (χ0n) is 18.1. The zero-order valence-corrected chi connectivity index (χ0v) is 19.1. The Bertz CT molecular complexity index is 866. The van der Waals surface area contributed by atoms with Crippen LogP contribution in [-0.4, -0.2) is 32.4 Å². The molecular weight excluding hydrogens is 369 g/mol. The highest BCUT2D eigenvalue weighted by atomic mass is 28.4. The number of benzene rings is 1. The summed E-state index contributed by atoms with van der Waals surface area (Å²) in [5.41, 5.74) is 5.02. The Hall–Kier alpha value is -0.983. The van der Waals surface area contributed by atoms with E-state index in [2.05, 4.69) is 58.1 Å². The molecule has 0 unspecified atom stereocenters. The van der Waals surface area contributed by atoms with E-state index in [4.69, 9.17) is 18.6 Å². The summed E-state index contributed by atoms with van der Waals surface area (Å²) in [5.74, 6) is -0.509. The third-order valence-corrected chi connectivity index (χ3v) is 11.8. The van der Waals surface area contributed by atoms with Crippen LogP contribution in [0.5, 0.6) is 0 Å². The van der Waals surface area contributed by atoms with E-state index in [1.165, 1.54) is 22.3 Å². The lowest BCUT2D eigenvalue weighted by Crippen LogP contribution is -2.43. The number of rotatable bonds is 3. The number of hydrogen-bond acceptors (Lipinski definition) is 4. The van der Waals surface area contributed by atoms with Gasteiger partial charge in [-0.25, -0.2) is 0 Å². The molecule has 0 saturated carbocycles. The van der Waals surface area contributed by atoms with Crippen molar-refractivity contribution in [1.29, 1.82) is 0 Å². The molecule has 2 heterocycles. The molecule has 4 nitrogen and oxygen atoms in total. The van der Waals surface area contributed by atoms with Crippen molar-refractivity contribution in [2.24, 2.45) is 0 Å². The summed E-state index contributed by atoms with van der Waals surface area (Å²) in [5, 5.41) is 0.211. The normalized spacial score (nSPS) is 35.4. The van der Waals surface area contributed by atoms with Crippen molar-refractivity contribution in [3.8, 4) is 0 Å². The van der Waals surface area contributed by atoms with Gasteiger partial charge in [0.15, 0.2) is 14.1 Å². The van der Waals surface area contributed by atoms with E-state index >= 15 is 0 Å². The van der Waals surface area contributed by atoms with Gasteiger partial charge in [0.2, 0.25) is 0 Å². The Morgan fingerprint density at radius 3 is 2.54 bits per heavy atom. The van der Waals surface area contributed by atoms with E-state index in [0.29, 0.717) is 6.61 Å². The highest BCUT2D eigenvalue weighted by Crippen LogP contribution is 2.69. The fourth-order valence-electron chi connectivity index (χ4n) is 4.68. The minimum absolute atomic E-state index is 0.00428. The van der Waals surface area contributed by atoms with Gasteiger partial charge < -0.3 is 18.6 Å². The van der Waals surface area contributed by atoms with Gasteiger partial charge in [0, 0.05) is 6.42 Å². The van der Waals surface area contributed by atoms with Crippen molar-refractivity contribution in [3.63, 3.8) is 0 Å². The van der Waals surface area contributed by atoms with Crippen molar-refractivity contribution in [2.45, 2.75) is 88.9 Å². The monoisotopic (exact) mass is 401 g/mol. The first-order valence-corrected chi connectivity index (χ1v) is 13.4. The molecule has 2 fully saturated rings. The molecule has 4 aliphatic rings. The lowest BCUT2D eigenvalue weighted by atomic mass is 10.0. The van der Waals surface area contributed by atoms with E-state index in [0.717, 1.165) is 6.42 Å². The standard InChI is InChI=1S/C23H32O4Si/c1-21(2,3)28(6,7)27-15-11-18-17-10-14(19-13-24-22(4,5)25-19)8-9-16(17)20-23(18,12-15)26-20/h8-11,15,19-20H,12-13H2,1-7H3/t15-,19-,20+,23-/m1/s1/i10+1.